The van der Waals surface area contributed by atoms with Crippen LogP contribution in [0.2, 0.25) is 5.02 Å². The lowest BCUT2D eigenvalue weighted by Crippen LogP contribution is -2.45. The number of aliphatic imine (C=N–C) groups is 1. The molecule has 35 heavy (non-hydrogen) atoms. The van der Waals surface area contributed by atoms with Crippen LogP contribution in [-0.4, -0.2) is 60.5 Å². The molecule has 1 unspecified atom stereocenters. The van der Waals surface area contributed by atoms with Gasteiger partial charge in [-0.15, -0.1) is 0 Å². The van der Waals surface area contributed by atoms with Crippen molar-refractivity contribution in [2.75, 3.05) is 38.3 Å². The summed E-state index contributed by atoms with van der Waals surface area (Å²) in [6, 6.07) is 13.0. The van der Waals surface area contributed by atoms with E-state index < -0.39 is 0 Å². The second kappa shape index (κ2) is 11.3. The summed E-state index contributed by atoms with van der Waals surface area (Å²) in [5.74, 6) is 0.265. The monoisotopic (exact) mass is 513 g/mol. The van der Waals surface area contributed by atoms with Crippen LogP contribution >= 0.6 is 23.4 Å². The molecule has 0 radical (unpaired) electrons. The Bertz CT molecular complexity index is 1180. The van der Waals surface area contributed by atoms with Gasteiger partial charge in [0.05, 0.1) is 36.3 Å². The molecule has 0 spiro atoms. The fourth-order valence-corrected chi connectivity index (χ4v) is 5.31. The van der Waals surface area contributed by atoms with E-state index in [2.05, 4.69) is 4.99 Å². The summed E-state index contributed by atoms with van der Waals surface area (Å²) in [5, 5.41) is 0.451. The first-order chi connectivity index (χ1) is 16.9. The van der Waals surface area contributed by atoms with Crippen molar-refractivity contribution < 1.29 is 19.1 Å². The number of rotatable bonds is 6. The SMILES string of the molecule is CCC(SC1=N/C(=C\c2cccc(C)c2)C(=O)N1c1ccc(OC)c(Cl)c1)C(=O)N1CCOCC1. The molecule has 4 rings (SSSR count). The molecule has 1 fully saturated rings. The number of amides is 2. The van der Waals surface area contributed by atoms with Gasteiger partial charge in [0, 0.05) is 13.1 Å². The average molecular weight is 514 g/mol. The Labute approximate surface area is 214 Å². The van der Waals surface area contributed by atoms with Crippen molar-refractivity contribution in [3.8, 4) is 5.75 Å². The lowest BCUT2D eigenvalue weighted by atomic mass is 10.1. The highest BCUT2D eigenvalue weighted by Crippen LogP contribution is 2.36. The number of aryl methyl sites for hydroxylation is 1. The zero-order chi connectivity index (χ0) is 24.9. The summed E-state index contributed by atoms with van der Waals surface area (Å²) in [4.78, 5) is 34.8. The highest BCUT2D eigenvalue weighted by Gasteiger charge is 2.36. The molecule has 0 saturated carbocycles. The summed E-state index contributed by atoms with van der Waals surface area (Å²) in [5.41, 5.74) is 2.84. The van der Waals surface area contributed by atoms with Crippen LogP contribution in [0, 0.1) is 6.92 Å². The number of benzene rings is 2. The van der Waals surface area contributed by atoms with Crippen LogP contribution in [0.25, 0.3) is 6.08 Å². The van der Waals surface area contributed by atoms with Crippen LogP contribution in [0.1, 0.15) is 24.5 Å². The number of anilines is 1. The smallest absolute Gasteiger partial charge is 0.283 e. The minimum atomic E-state index is -0.380. The fraction of sp³-hybridized carbons (Fsp3) is 0.346. The van der Waals surface area contributed by atoms with E-state index in [1.807, 2.05) is 43.0 Å². The highest BCUT2D eigenvalue weighted by molar-refractivity contribution is 8.15. The number of halogens is 1. The van der Waals surface area contributed by atoms with Crippen LogP contribution in [-0.2, 0) is 14.3 Å². The number of methoxy groups -OCH3 is 1. The molecule has 2 aliphatic heterocycles. The van der Waals surface area contributed by atoms with E-state index in [1.165, 1.54) is 23.8 Å². The molecule has 9 heteroatoms. The standard InChI is InChI=1S/C26H28ClN3O4S/c1-4-23(25(32)29-10-12-34-13-11-29)35-26-28-21(15-18-7-5-6-17(2)14-18)24(31)30(26)19-8-9-22(33-3)20(27)16-19/h5-9,14-16,23H,4,10-13H2,1-3H3/b21-15-. The van der Waals surface area contributed by atoms with Crippen molar-refractivity contribution in [1.29, 1.82) is 0 Å². The first-order valence-electron chi connectivity index (χ1n) is 11.5. The largest absolute Gasteiger partial charge is 0.495 e. The molecular weight excluding hydrogens is 486 g/mol. The lowest BCUT2D eigenvalue weighted by molar-refractivity contribution is -0.134. The maximum Gasteiger partial charge on any atom is 0.283 e. The van der Waals surface area contributed by atoms with Crippen LogP contribution in [0.4, 0.5) is 5.69 Å². The molecule has 1 atom stereocenters. The topological polar surface area (TPSA) is 71.4 Å². The lowest BCUT2D eigenvalue weighted by Gasteiger charge is -2.30. The van der Waals surface area contributed by atoms with Gasteiger partial charge in [0.15, 0.2) is 5.17 Å². The Morgan fingerprint density at radius 1 is 1.26 bits per heavy atom. The van der Waals surface area contributed by atoms with E-state index in [4.69, 9.17) is 21.1 Å². The fourth-order valence-electron chi connectivity index (χ4n) is 3.94. The van der Waals surface area contributed by atoms with Gasteiger partial charge in [-0.1, -0.05) is 60.1 Å². The first kappa shape index (κ1) is 25.3. The van der Waals surface area contributed by atoms with Crippen molar-refractivity contribution in [2.45, 2.75) is 25.5 Å². The molecule has 7 nitrogen and oxygen atoms in total. The molecule has 0 N–H and O–H groups in total. The molecule has 0 bridgehead atoms. The van der Waals surface area contributed by atoms with Crippen molar-refractivity contribution in [3.63, 3.8) is 0 Å². The normalized spacial score (nSPS) is 18.1. The number of carbonyl (C=O) groups is 2. The summed E-state index contributed by atoms with van der Waals surface area (Å²) in [6.07, 6.45) is 2.37. The second-order valence-corrected chi connectivity index (χ2v) is 9.83. The van der Waals surface area contributed by atoms with Gasteiger partial charge >= 0.3 is 0 Å². The van der Waals surface area contributed by atoms with Crippen LogP contribution < -0.4 is 9.64 Å². The van der Waals surface area contributed by atoms with Crippen LogP contribution in [0.15, 0.2) is 53.2 Å². The molecule has 0 aromatic heterocycles. The Morgan fingerprint density at radius 3 is 2.69 bits per heavy atom. The van der Waals surface area contributed by atoms with E-state index in [-0.39, 0.29) is 17.1 Å². The van der Waals surface area contributed by atoms with Crippen LogP contribution in [0.5, 0.6) is 5.75 Å². The minimum absolute atomic E-state index is 0.0276. The van der Waals surface area contributed by atoms with E-state index in [1.54, 1.807) is 24.3 Å². The molecule has 184 valence electrons. The third kappa shape index (κ3) is 5.72. The Morgan fingerprint density at radius 2 is 2.03 bits per heavy atom. The van der Waals surface area contributed by atoms with Crippen molar-refractivity contribution >= 4 is 52.1 Å². The highest BCUT2D eigenvalue weighted by atomic mass is 35.5. The minimum Gasteiger partial charge on any atom is -0.495 e. The van der Waals surface area contributed by atoms with E-state index in [0.29, 0.717) is 60.0 Å². The van der Waals surface area contributed by atoms with Gasteiger partial charge in [-0.3, -0.25) is 14.5 Å². The third-order valence-corrected chi connectivity index (χ3v) is 7.38. The molecule has 1 saturated heterocycles. The van der Waals surface area contributed by atoms with Gasteiger partial charge in [0.1, 0.15) is 11.4 Å². The summed E-state index contributed by atoms with van der Waals surface area (Å²) < 4.78 is 10.7. The predicted octanol–water partition coefficient (Wildman–Crippen LogP) is 4.77. The molecule has 0 aliphatic carbocycles. The van der Waals surface area contributed by atoms with Crippen molar-refractivity contribution in [1.82, 2.24) is 4.90 Å². The Balaban J connectivity index is 1.69. The molecular formula is C26H28ClN3O4S. The van der Waals surface area contributed by atoms with E-state index >= 15 is 0 Å². The number of thioether (sulfide) groups is 1. The van der Waals surface area contributed by atoms with Gasteiger partial charge in [-0.2, -0.15) is 0 Å². The van der Waals surface area contributed by atoms with Crippen molar-refractivity contribution in [2.24, 2.45) is 4.99 Å². The quantitative estimate of drug-likeness (QED) is 0.520. The molecule has 2 aromatic carbocycles. The molecule has 2 aliphatic rings. The maximum atomic E-state index is 13.6. The number of nitrogens with zero attached hydrogens (tertiary/aromatic N) is 3. The van der Waals surface area contributed by atoms with Crippen molar-refractivity contribution in [3.05, 3.63) is 64.3 Å². The average Bonchev–Trinajstić information content (AvgIpc) is 3.16. The number of hydrogen-bond donors (Lipinski definition) is 0. The second-order valence-electron chi connectivity index (χ2n) is 8.25. The zero-order valence-corrected chi connectivity index (χ0v) is 21.6. The molecule has 2 amide bonds. The molecule has 2 heterocycles. The Kier molecular flexibility index (Phi) is 8.15. The van der Waals surface area contributed by atoms with E-state index in [9.17, 15) is 9.59 Å². The summed E-state index contributed by atoms with van der Waals surface area (Å²) >= 11 is 7.68. The van der Waals surface area contributed by atoms with Gasteiger partial charge < -0.3 is 14.4 Å². The number of hydrogen-bond acceptors (Lipinski definition) is 6. The van der Waals surface area contributed by atoms with Gasteiger partial charge in [0.25, 0.3) is 5.91 Å². The number of carbonyl (C=O) groups excluding carboxylic acids is 2. The number of morpholine rings is 1. The Hall–Kier alpha value is -2.81. The molecule has 2 aromatic rings. The first-order valence-corrected chi connectivity index (χ1v) is 12.7. The third-order valence-electron chi connectivity index (χ3n) is 5.79. The maximum absolute atomic E-state index is 13.6. The van der Waals surface area contributed by atoms with Gasteiger partial charge in [-0.25, -0.2) is 4.99 Å². The van der Waals surface area contributed by atoms with E-state index in [0.717, 1.165) is 11.1 Å². The van der Waals surface area contributed by atoms with Gasteiger partial charge in [0.2, 0.25) is 5.91 Å². The predicted molar refractivity (Wildman–Crippen MR) is 141 cm³/mol. The summed E-state index contributed by atoms with van der Waals surface area (Å²) in [6.45, 7) is 6.16. The number of amidine groups is 1. The zero-order valence-electron chi connectivity index (χ0n) is 20.0. The van der Waals surface area contributed by atoms with Crippen LogP contribution in [0.3, 0.4) is 0 Å². The summed E-state index contributed by atoms with van der Waals surface area (Å²) in [7, 11) is 1.54. The van der Waals surface area contributed by atoms with Gasteiger partial charge in [-0.05, 0) is 43.2 Å². The number of ether oxygens (including phenoxy) is 2.